The van der Waals surface area contributed by atoms with E-state index in [0.717, 1.165) is 21.7 Å². The third-order valence-corrected chi connectivity index (χ3v) is 6.38. The number of carboxylic acid groups (broad SMARTS) is 1. The van der Waals surface area contributed by atoms with Crippen molar-refractivity contribution in [2.45, 2.75) is 25.7 Å². The highest BCUT2D eigenvalue weighted by molar-refractivity contribution is 7.16. The molecule has 3 aromatic carbocycles. The smallest absolute Gasteiger partial charge is 0.307 e. The van der Waals surface area contributed by atoms with Gasteiger partial charge in [0.25, 0.3) is 0 Å². The van der Waals surface area contributed by atoms with Gasteiger partial charge in [-0.05, 0) is 11.1 Å². The molecule has 0 radical (unpaired) electrons. The van der Waals surface area contributed by atoms with Gasteiger partial charge in [-0.3, -0.25) is 14.4 Å². The Kier molecular flexibility index (Phi) is 7.80. The van der Waals surface area contributed by atoms with Gasteiger partial charge < -0.3 is 10.4 Å². The number of amides is 1. The van der Waals surface area contributed by atoms with Gasteiger partial charge in [0, 0.05) is 35.3 Å². The number of carbonyl (C=O) groups excluding carboxylic acids is 2. The number of ketones is 1. The molecule has 0 spiro atoms. The molecular weight excluding hydrogens is 460 g/mol. The predicted octanol–water partition coefficient (Wildman–Crippen LogP) is 5.63. The van der Waals surface area contributed by atoms with Gasteiger partial charge in [0.2, 0.25) is 5.91 Å². The van der Waals surface area contributed by atoms with Crippen molar-refractivity contribution in [1.82, 2.24) is 4.98 Å². The maximum atomic E-state index is 12.6. The Morgan fingerprint density at radius 1 is 0.800 bits per heavy atom. The topological polar surface area (TPSA) is 96.4 Å². The van der Waals surface area contributed by atoms with Crippen LogP contribution in [0.5, 0.6) is 0 Å². The fraction of sp³-hybridized carbons (Fsp3) is 0.143. The summed E-state index contributed by atoms with van der Waals surface area (Å²) in [6.45, 7) is 0. The molecule has 0 saturated carbocycles. The van der Waals surface area contributed by atoms with Crippen molar-refractivity contribution in [3.63, 3.8) is 0 Å². The van der Waals surface area contributed by atoms with E-state index in [9.17, 15) is 14.4 Å². The highest BCUT2D eigenvalue weighted by Crippen LogP contribution is 2.33. The number of aromatic nitrogens is 1. The van der Waals surface area contributed by atoms with Crippen LogP contribution in [0.15, 0.2) is 84.9 Å². The summed E-state index contributed by atoms with van der Waals surface area (Å²) in [5.41, 5.74) is 4.06. The molecule has 0 aliphatic carbocycles. The molecule has 0 unspecified atom stereocenters. The first-order valence-corrected chi connectivity index (χ1v) is 12.0. The Morgan fingerprint density at radius 2 is 1.46 bits per heavy atom. The number of carboxylic acids is 1. The van der Waals surface area contributed by atoms with E-state index in [1.165, 1.54) is 11.3 Å². The molecule has 6 nitrogen and oxygen atoms in total. The lowest BCUT2D eigenvalue weighted by Crippen LogP contribution is -2.13. The zero-order chi connectivity index (χ0) is 24.6. The lowest BCUT2D eigenvalue weighted by Gasteiger charge is -2.03. The number of benzene rings is 3. The number of thiazole rings is 1. The van der Waals surface area contributed by atoms with Crippen molar-refractivity contribution in [1.29, 1.82) is 0 Å². The van der Waals surface area contributed by atoms with Crippen LogP contribution in [0.3, 0.4) is 0 Å². The van der Waals surface area contributed by atoms with Crippen LogP contribution in [0, 0.1) is 0 Å². The minimum Gasteiger partial charge on any atom is -0.481 e. The van der Waals surface area contributed by atoms with Crippen LogP contribution < -0.4 is 5.32 Å². The third-order valence-electron chi connectivity index (χ3n) is 5.41. The van der Waals surface area contributed by atoms with E-state index in [1.807, 2.05) is 48.5 Å². The number of aliphatic carboxylic acids is 1. The fourth-order valence-electron chi connectivity index (χ4n) is 3.66. The maximum absolute atomic E-state index is 12.6. The molecule has 4 rings (SSSR count). The van der Waals surface area contributed by atoms with E-state index in [-0.39, 0.29) is 31.0 Å². The second-order valence-corrected chi connectivity index (χ2v) is 9.14. The Hall–Kier alpha value is -4.10. The Labute approximate surface area is 207 Å². The van der Waals surface area contributed by atoms with Gasteiger partial charge in [0.1, 0.15) is 0 Å². The Bertz CT molecular complexity index is 1320. The summed E-state index contributed by atoms with van der Waals surface area (Å²) in [5.74, 6) is -1.37. The molecule has 1 heterocycles. The molecule has 4 aromatic rings. The summed E-state index contributed by atoms with van der Waals surface area (Å²) >= 11 is 1.44. The van der Waals surface area contributed by atoms with Crippen molar-refractivity contribution in [3.05, 3.63) is 106 Å². The Balaban J connectivity index is 1.41. The maximum Gasteiger partial charge on any atom is 0.307 e. The SMILES string of the molecule is O=C(O)Cc1ccc(C(=O)CCC(=O)Nc2nc(-c3ccccc3)c(Cc3ccccc3)s2)cc1. The first kappa shape index (κ1) is 24.0. The number of hydrogen-bond donors (Lipinski definition) is 2. The lowest BCUT2D eigenvalue weighted by molar-refractivity contribution is -0.136. The van der Waals surface area contributed by atoms with E-state index in [0.29, 0.717) is 22.7 Å². The minimum absolute atomic E-state index is 0.0317. The zero-order valence-electron chi connectivity index (χ0n) is 18.9. The molecule has 7 heteroatoms. The highest BCUT2D eigenvalue weighted by atomic mass is 32.1. The highest BCUT2D eigenvalue weighted by Gasteiger charge is 2.16. The number of carbonyl (C=O) groups is 3. The van der Waals surface area contributed by atoms with E-state index >= 15 is 0 Å². The van der Waals surface area contributed by atoms with Crippen molar-refractivity contribution in [3.8, 4) is 11.3 Å². The average molecular weight is 485 g/mol. The van der Waals surface area contributed by atoms with Crippen molar-refractivity contribution in [2.24, 2.45) is 0 Å². The second kappa shape index (κ2) is 11.4. The standard InChI is InChI=1S/C28H24N2O4S/c31-23(21-13-11-20(12-14-21)18-26(33)34)15-16-25(32)29-28-30-27(22-9-5-2-6-10-22)24(35-28)17-19-7-3-1-4-8-19/h1-14H,15-18H2,(H,33,34)(H,29,30,32). The molecule has 0 atom stereocenters. The number of nitrogens with one attached hydrogen (secondary N) is 1. The van der Waals surface area contributed by atoms with Crippen molar-refractivity contribution >= 4 is 34.1 Å². The molecule has 0 fully saturated rings. The number of anilines is 1. The normalized spacial score (nSPS) is 10.6. The van der Waals surface area contributed by atoms with Gasteiger partial charge in [0.05, 0.1) is 12.1 Å². The van der Waals surface area contributed by atoms with Gasteiger partial charge in [0.15, 0.2) is 10.9 Å². The molecule has 176 valence electrons. The van der Waals surface area contributed by atoms with E-state index in [1.54, 1.807) is 24.3 Å². The Morgan fingerprint density at radius 3 is 2.11 bits per heavy atom. The molecule has 2 N–H and O–H groups in total. The van der Waals surface area contributed by atoms with Crippen LogP contribution in [-0.4, -0.2) is 27.8 Å². The molecule has 35 heavy (non-hydrogen) atoms. The molecule has 1 aromatic heterocycles. The van der Waals surface area contributed by atoms with Crippen molar-refractivity contribution in [2.75, 3.05) is 5.32 Å². The minimum atomic E-state index is -0.926. The molecule has 0 bridgehead atoms. The number of hydrogen-bond acceptors (Lipinski definition) is 5. The molecule has 0 saturated heterocycles. The van der Waals surface area contributed by atoms with Crippen LogP contribution in [0.4, 0.5) is 5.13 Å². The molecule has 1 amide bonds. The van der Waals surface area contributed by atoms with Crippen LogP contribution in [0.25, 0.3) is 11.3 Å². The lowest BCUT2D eigenvalue weighted by atomic mass is 10.0. The zero-order valence-corrected chi connectivity index (χ0v) is 19.8. The molecule has 0 aliphatic heterocycles. The molecule has 0 aliphatic rings. The van der Waals surface area contributed by atoms with Gasteiger partial charge >= 0.3 is 5.97 Å². The average Bonchev–Trinajstić information content (AvgIpc) is 3.25. The van der Waals surface area contributed by atoms with Gasteiger partial charge in [-0.1, -0.05) is 84.9 Å². The summed E-state index contributed by atoms with van der Waals surface area (Å²) < 4.78 is 0. The van der Waals surface area contributed by atoms with Crippen LogP contribution in [-0.2, 0) is 22.4 Å². The van der Waals surface area contributed by atoms with Crippen LogP contribution >= 0.6 is 11.3 Å². The number of rotatable bonds is 10. The summed E-state index contributed by atoms with van der Waals surface area (Å²) in [6.07, 6.45) is 0.693. The summed E-state index contributed by atoms with van der Waals surface area (Å²) in [5, 5.41) is 12.2. The number of Topliss-reactive ketones (excluding diaryl/α,β-unsaturated/α-hetero) is 1. The predicted molar refractivity (Wildman–Crippen MR) is 137 cm³/mol. The van der Waals surface area contributed by atoms with Crippen LogP contribution in [0.2, 0.25) is 0 Å². The van der Waals surface area contributed by atoms with E-state index < -0.39 is 5.97 Å². The third kappa shape index (κ3) is 6.71. The van der Waals surface area contributed by atoms with Crippen molar-refractivity contribution < 1.29 is 19.5 Å². The number of nitrogens with zero attached hydrogens (tertiary/aromatic N) is 1. The first-order chi connectivity index (χ1) is 17.0. The van der Waals surface area contributed by atoms with E-state index in [4.69, 9.17) is 5.11 Å². The molecular formula is C28H24N2O4S. The summed E-state index contributed by atoms with van der Waals surface area (Å²) in [6, 6.07) is 26.4. The van der Waals surface area contributed by atoms with Crippen LogP contribution in [0.1, 0.15) is 39.2 Å². The van der Waals surface area contributed by atoms with E-state index in [2.05, 4.69) is 22.4 Å². The largest absolute Gasteiger partial charge is 0.481 e. The monoisotopic (exact) mass is 484 g/mol. The summed E-state index contributed by atoms with van der Waals surface area (Å²) in [7, 11) is 0. The fourth-order valence-corrected chi connectivity index (χ4v) is 4.70. The van der Waals surface area contributed by atoms with Gasteiger partial charge in [-0.25, -0.2) is 4.98 Å². The quantitative estimate of drug-likeness (QED) is 0.284. The summed E-state index contributed by atoms with van der Waals surface area (Å²) in [4.78, 5) is 41.6. The van der Waals surface area contributed by atoms with Gasteiger partial charge in [-0.2, -0.15) is 0 Å². The second-order valence-electron chi connectivity index (χ2n) is 8.06. The first-order valence-electron chi connectivity index (χ1n) is 11.2. The van der Waals surface area contributed by atoms with Gasteiger partial charge in [-0.15, -0.1) is 11.3 Å².